The third kappa shape index (κ3) is 1.83. The Hall–Kier alpha value is -1.22. The monoisotopic (exact) mass is 262 g/mol. The predicted octanol–water partition coefficient (Wildman–Crippen LogP) is 3.40. The van der Waals surface area contributed by atoms with Crippen LogP contribution < -0.4 is 4.74 Å². The lowest BCUT2D eigenvalue weighted by Crippen LogP contribution is -2.46. The Kier molecular flexibility index (Phi) is 2.97. The van der Waals surface area contributed by atoms with Crippen molar-refractivity contribution in [2.45, 2.75) is 58.2 Å². The summed E-state index contributed by atoms with van der Waals surface area (Å²) >= 11 is 0. The summed E-state index contributed by atoms with van der Waals surface area (Å²) in [4.78, 5) is 0. The van der Waals surface area contributed by atoms with Gasteiger partial charge in [-0.1, -0.05) is 0 Å². The average molecular weight is 262 g/mol. The molecule has 0 atom stereocenters. The topological polar surface area (TPSA) is 38.7 Å². The molecular weight excluding hydrogens is 240 g/mol. The first-order valence-corrected chi connectivity index (χ1v) is 7.10. The van der Waals surface area contributed by atoms with Gasteiger partial charge < -0.3 is 14.6 Å². The van der Waals surface area contributed by atoms with Gasteiger partial charge in [0.05, 0.1) is 6.61 Å². The highest BCUT2D eigenvalue weighted by molar-refractivity contribution is 5.58. The molecule has 3 rings (SSSR count). The van der Waals surface area contributed by atoms with Gasteiger partial charge in [-0.25, -0.2) is 0 Å². The largest absolute Gasteiger partial charge is 0.507 e. The second-order valence-electron chi connectivity index (χ2n) is 5.96. The van der Waals surface area contributed by atoms with E-state index in [-0.39, 0.29) is 5.60 Å². The van der Waals surface area contributed by atoms with Crippen LogP contribution in [0.1, 0.15) is 47.9 Å². The van der Waals surface area contributed by atoms with Crippen molar-refractivity contribution in [3.63, 3.8) is 0 Å². The van der Waals surface area contributed by atoms with E-state index in [0.717, 1.165) is 48.1 Å². The standard InChI is InChI=1S/C16H22O3/c1-10-12-5-8-16(6-4-7-16)19-15(12)13(9-18-3)11(2)14(10)17/h17H,4-9H2,1-3H3. The van der Waals surface area contributed by atoms with Gasteiger partial charge in [0, 0.05) is 23.8 Å². The van der Waals surface area contributed by atoms with E-state index in [1.165, 1.54) is 12.0 Å². The molecule has 3 nitrogen and oxygen atoms in total. The Bertz CT molecular complexity index is 515. The highest BCUT2D eigenvalue weighted by Crippen LogP contribution is 2.49. The summed E-state index contributed by atoms with van der Waals surface area (Å²) in [5, 5.41) is 10.3. The minimum Gasteiger partial charge on any atom is -0.507 e. The van der Waals surface area contributed by atoms with Gasteiger partial charge in [-0.15, -0.1) is 0 Å². The van der Waals surface area contributed by atoms with Crippen LogP contribution in [-0.2, 0) is 17.8 Å². The number of ether oxygens (including phenoxy) is 2. The van der Waals surface area contributed by atoms with E-state index in [9.17, 15) is 5.11 Å². The van der Waals surface area contributed by atoms with Crippen LogP contribution >= 0.6 is 0 Å². The molecule has 0 bridgehead atoms. The lowest BCUT2D eigenvalue weighted by molar-refractivity contribution is -0.0271. The molecule has 19 heavy (non-hydrogen) atoms. The van der Waals surface area contributed by atoms with Crippen molar-refractivity contribution < 1.29 is 14.6 Å². The maximum absolute atomic E-state index is 10.3. The summed E-state index contributed by atoms with van der Waals surface area (Å²) in [6.07, 6.45) is 5.68. The maximum Gasteiger partial charge on any atom is 0.129 e. The van der Waals surface area contributed by atoms with Gasteiger partial charge in [-0.05, 0) is 51.5 Å². The third-order valence-electron chi connectivity index (χ3n) is 4.87. The minimum atomic E-state index is 0.0747. The third-order valence-corrected chi connectivity index (χ3v) is 4.87. The van der Waals surface area contributed by atoms with E-state index in [1.807, 2.05) is 13.8 Å². The highest BCUT2D eigenvalue weighted by atomic mass is 16.5. The zero-order valence-corrected chi connectivity index (χ0v) is 12.0. The molecule has 0 aromatic heterocycles. The number of methoxy groups -OCH3 is 1. The van der Waals surface area contributed by atoms with Crippen molar-refractivity contribution >= 4 is 0 Å². The summed E-state index contributed by atoms with van der Waals surface area (Å²) < 4.78 is 11.7. The van der Waals surface area contributed by atoms with Crippen LogP contribution in [0.4, 0.5) is 0 Å². The van der Waals surface area contributed by atoms with Crippen LogP contribution in [0.25, 0.3) is 0 Å². The summed E-state index contributed by atoms with van der Waals surface area (Å²) in [6.45, 7) is 4.43. The molecule has 1 aromatic rings. The highest BCUT2D eigenvalue weighted by Gasteiger charge is 2.43. The van der Waals surface area contributed by atoms with Gasteiger partial charge in [0.1, 0.15) is 17.1 Å². The molecule has 1 N–H and O–H groups in total. The van der Waals surface area contributed by atoms with Gasteiger partial charge in [0.15, 0.2) is 0 Å². The van der Waals surface area contributed by atoms with E-state index in [4.69, 9.17) is 9.47 Å². The molecule has 0 amide bonds. The molecule has 1 aromatic carbocycles. The zero-order valence-electron chi connectivity index (χ0n) is 12.0. The van der Waals surface area contributed by atoms with Gasteiger partial charge in [0.2, 0.25) is 0 Å². The average Bonchev–Trinajstić information content (AvgIpc) is 2.39. The Morgan fingerprint density at radius 3 is 2.53 bits per heavy atom. The number of hydrogen-bond acceptors (Lipinski definition) is 3. The first-order valence-electron chi connectivity index (χ1n) is 7.10. The van der Waals surface area contributed by atoms with E-state index < -0.39 is 0 Å². The second kappa shape index (κ2) is 4.41. The molecular formula is C16H22O3. The molecule has 1 fully saturated rings. The molecule has 2 aliphatic rings. The van der Waals surface area contributed by atoms with Crippen molar-refractivity contribution in [2.24, 2.45) is 0 Å². The summed E-state index contributed by atoms with van der Waals surface area (Å²) in [7, 11) is 1.69. The summed E-state index contributed by atoms with van der Waals surface area (Å²) in [5.41, 5.74) is 4.14. The van der Waals surface area contributed by atoms with Gasteiger partial charge in [-0.3, -0.25) is 0 Å². The van der Waals surface area contributed by atoms with Crippen molar-refractivity contribution in [1.29, 1.82) is 0 Å². The first kappa shape index (κ1) is 12.8. The van der Waals surface area contributed by atoms with Crippen LogP contribution in [0.5, 0.6) is 11.5 Å². The molecule has 1 heterocycles. The molecule has 0 unspecified atom stereocenters. The Labute approximate surface area is 114 Å². The fourth-order valence-corrected chi connectivity index (χ4v) is 3.38. The molecule has 104 valence electrons. The lowest BCUT2D eigenvalue weighted by Gasteiger charge is -2.46. The van der Waals surface area contributed by atoms with Crippen LogP contribution in [0.15, 0.2) is 0 Å². The van der Waals surface area contributed by atoms with E-state index in [0.29, 0.717) is 12.4 Å². The number of fused-ring (bicyclic) bond motifs is 1. The van der Waals surface area contributed by atoms with Crippen molar-refractivity contribution in [3.05, 3.63) is 22.3 Å². The van der Waals surface area contributed by atoms with Crippen molar-refractivity contribution in [1.82, 2.24) is 0 Å². The quantitative estimate of drug-likeness (QED) is 0.887. The number of rotatable bonds is 2. The van der Waals surface area contributed by atoms with Crippen LogP contribution in [0.2, 0.25) is 0 Å². The van der Waals surface area contributed by atoms with Gasteiger partial charge in [-0.2, -0.15) is 0 Å². The normalized spacial score (nSPS) is 19.7. The Morgan fingerprint density at radius 1 is 1.21 bits per heavy atom. The Morgan fingerprint density at radius 2 is 1.95 bits per heavy atom. The van der Waals surface area contributed by atoms with Crippen molar-refractivity contribution in [2.75, 3.05) is 7.11 Å². The summed E-state index contributed by atoms with van der Waals surface area (Å²) in [5.74, 6) is 1.39. The van der Waals surface area contributed by atoms with Gasteiger partial charge in [0.25, 0.3) is 0 Å². The number of aromatic hydroxyl groups is 1. The van der Waals surface area contributed by atoms with Crippen LogP contribution in [-0.4, -0.2) is 17.8 Å². The Balaban J connectivity index is 2.12. The number of benzene rings is 1. The molecule has 0 saturated heterocycles. The lowest BCUT2D eigenvalue weighted by atomic mass is 9.73. The number of phenolic OH excluding ortho intramolecular Hbond substituents is 1. The smallest absolute Gasteiger partial charge is 0.129 e. The van der Waals surface area contributed by atoms with Gasteiger partial charge >= 0.3 is 0 Å². The van der Waals surface area contributed by atoms with E-state index in [2.05, 4.69) is 0 Å². The molecule has 3 heteroatoms. The SMILES string of the molecule is COCc1c(C)c(O)c(C)c2c1OC1(CCC1)CC2. The molecule has 1 aliphatic carbocycles. The molecule has 0 radical (unpaired) electrons. The molecule has 1 saturated carbocycles. The number of hydrogen-bond donors (Lipinski definition) is 1. The fourth-order valence-electron chi connectivity index (χ4n) is 3.38. The zero-order chi connectivity index (χ0) is 13.6. The first-order chi connectivity index (χ1) is 9.08. The van der Waals surface area contributed by atoms with E-state index in [1.54, 1.807) is 7.11 Å². The second-order valence-corrected chi connectivity index (χ2v) is 5.96. The summed E-state index contributed by atoms with van der Waals surface area (Å²) in [6, 6.07) is 0. The fraction of sp³-hybridized carbons (Fsp3) is 0.625. The predicted molar refractivity (Wildman–Crippen MR) is 73.8 cm³/mol. The molecule has 1 aliphatic heterocycles. The van der Waals surface area contributed by atoms with Crippen molar-refractivity contribution in [3.8, 4) is 11.5 Å². The molecule has 1 spiro atoms. The number of phenols is 1. The van der Waals surface area contributed by atoms with Crippen LogP contribution in [0, 0.1) is 13.8 Å². The van der Waals surface area contributed by atoms with Crippen LogP contribution in [0.3, 0.4) is 0 Å². The maximum atomic E-state index is 10.3. The van der Waals surface area contributed by atoms with E-state index >= 15 is 0 Å². The minimum absolute atomic E-state index is 0.0747.